The summed E-state index contributed by atoms with van der Waals surface area (Å²) in [5.41, 5.74) is 7.59. The fourth-order valence-corrected chi connectivity index (χ4v) is 4.22. The van der Waals surface area contributed by atoms with Gasteiger partial charge in [0.2, 0.25) is 5.82 Å². The summed E-state index contributed by atoms with van der Waals surface area (Å²) in [7, 11) is 0. The second-order valence-corrected chi connectivity index (χ2v) is 8.36. The SMILES string of the molecule is CCCCc1nn(CCCC)c(CO)c1Cc1ccc(-c2ccccc2-c2nn[nH]n2)cc1. The van der Waals surface area contributed by atoms with Crippen molar-refractivity contribution in [3.05, 3.63) is 71.0 Å². The van der Waals surface area contributed by atoms with E-state index in [0.29, 0.717) is 5.82 Å². The number of aromatic nitrogens is 6. The van der Waals surface area contributed by atoms with E-state index in [2.05, 4.69) is 64.8 Å². The number of aliphatic hydroxyl groups excluding tert-OH is 1. The highest BCUT2D eigenvalue weighted by molar-refractivity contribution is 5.80. The van der Waals surface area contributed by atoms with Gasteiger partial charge in [-0.15, -0.1) is 10.2 Å². The van der Waals surface area contributed by atoms with Crippen LogP contribution in [-0.2, 0) is 26.0 Å². The maximum absolute atomic E-state index is 10.1. The van der Waals surface area contributed by atoms with E-state index in [1.165, 1.54) is 11.1 Å². The molecule has 0 bridgehead atoms. The third kappa shape index (κ3) is 5.20. The number of benzene rings is 2. The quantitative estimate of drug-likeness (QED) is 0.341. The molecule has 0 aliphatic heterocycles. The zero-order chi connectivity index (χ0) is 23.0. The van der Waals surface area contributed by atoms with Crippen molar-refractivity contribution in [1.29, 1.82) is 0 Å². The predicted molar refractivity (Wildman–Crippen MR) is 130 cm³/mol. The Hall–Kier alpha value is -3.32. The fraction of sp³-hybridized carbons (Fsp3) is 0.385. The number of nitrogens with zero attached hydrogens (tertiary/aromatic N) is 5. The Morgan fingerprint density at radius 2 is 1.70 bits per heavy atom. The molecular weight excluding hydrogens is 412 g/mol. The van der Waals surface area contributed by atoms with Gasteiger partial charge in [-0.3, -0.25) is 4.68 Å². The molecule has 7 heteroatoms. The predicted octanol–water partition coefficient (Wildman–Crippen LogP) is 4.96. The van der Waals surface area contributed by atoms with Crippen LogP contribution in [0.25, 0.3) is 22.5 Å². The zero-order valence-electron chi connectivity index (χ0n) is 19.5. The molecule has 0 fully saturated rings. The van der Waals surface area contributed by atoms with Gasteiger partial charge in [0.15, 0.2) is 0 Å². The molecule has 0 aliphatic rings. The van der Waals surface area contributed by atoms with Crippen LogP contribution < -0.4 is 0 Å². The van der Waals surface area contributed by atoms with Crippen molar-refractivity contribution in [2.45, 2.75) is 65.5 Å². The van der Waals surface area contributed by atoms with Gasteiger partial charge in [-0.05, 0) is 41.2 Å². The molecule has 2 aromatic heterocycles. The lowest BCUT2D eigenvalue weighted by atomic mass is 9.95. The molecule has 4 aromatic rings. The molecule has 0 unspecified atom stereocenters. The lowest BCUT2D eigenvalue weighted by Crippen LogP contribution is -2.06. The van der Waals surface area contributed by atoms with Gasteiger partial charge in [-0.25, -0.2) is 0 Å². The van der Waals surface area contributed by atoms with Gasteiger partial charge in [0.25, 0.3) is 0 Å². The van der Waals surface area contributed by atoms with Gasteiger partial charge in [-0.1, -0.05) is 75.2 Å². The van der Waals surface area contributed by atoms with Crippen molar-refractivity contribution >= 4 is 0 Å². The second kappa shape index (κ2) is 11.0. The zero-order valence-corrected chi connectivity index (χ0v) is 19.5. The number of nitrogens with one attached hydrogen (secondary N) is 1. The molecule has 2 N–H and O–H groups in total. The minimum absolute atomic E-state index is 0.0222. The van der Waals surface area contributed by atoms with Crippen LogP contribution in [0.5, 0.6) is 0 Å². The second-order valence-electron chi connectivity index (χ2n) is 8.36. The van der Waals surface area contributed by atoms with E-state index < -0.39 is 0 Å². The van der Waals surface area contributed by atoms with Crippen LogP contribution in [-0.4, -0.2) is 35.5 Å². The number of rotatable bonds is 11. The lowest BCUT2D eigenvalue weighted by molar-refractivity contribution is 0.266. The van der Waals surface area contributed by atoms with Crippen LogP contribution in [0.2, 0.25) is 0 Å². The molecule has 0 amide bonds. The first kappa shape index (κ1) is 22.9. The number of aliphatic hydroxyl groups is 1. The molecule has 0 saturated heterocycles. The van der Waals surface area contributed by atoms with Crippen molar-refractivity contribution in [2.24, 2.45) is 0 Å². The first-order chi connectivity index (χ1) is 16.2. The normalized spacial score (nSPS) is 11.2. The molecule has 2 aromatic carbocycles. The molecule has 0 spiro atoms. The Balaban J connectivity index is 1.62. The van der Waals surface area contributed by atoms with Crippen molar-refractivity contribution in [2.75, 3.05) is 0 Å². The van der Waals surface area contributed by atoms with Crippen molar-refractivity contribution in [3.8, 4) is 22.5 Å². The molecule has 4 rings (SSSR count). The number of tetrazole rings is 1. The Bertz CT molecular complexity index is 1150. The highest BCUT2D eigenvalue weighted by Crippen LogP contribution is 2.30. The minimum atomic E-state index is 0.0222. The number of aromatic amines is 1. The number of H-pyrrole nitrogens is 1. The Morgan fingerprint density at radius 1 is 0.939 bits per heavy atom. The van der Waals surface area contributed by atoms with Crippen LogP contribution in [0.4, 0.5) is 0 Å². The van der Waals surface area contributed by atoms with Gasteiger partial charge in [0.05, 0.1) is 18.0 Å². The smallest absolute Gasteiger partial charge is 0.205 e. The average Bonchev–Trinajstić information content (AvgIpc) is 3.50. The Labute approximate surface area is 194 Å². The summed E-state index contributed by atoms with van der Waals surface area (Å²) in [6.45, 7) is 5.26. The van der Waals surface area contributed by atoms with E-state index in [1.54, 1.807) is 0 Å². The van der Waals surface area contributed by atoms with Crippen molar-refractivity contribution in [1.82, 2.24) is 30.4 Å². The molecule has 2 heterocycles. The standard InChI is InChI=1S/C26H32N6O/c1-3-5-11-24-23(25(18-33)32(29-24)16-6-4-2)17-19-12-14-20(15-13-19)21-9-7-8-10-22(21)26-27-30-31-28-26/h7-10,12-15,33H,3-6,11,16-18H2,1-2H3,(H,27,28,30,31). The number of unbranched alkanes of at least 4 members (excludes halogenated alkanes) is 2. The topological polar surface area (TPSA) is 92.5 Å². The van der Waals surface area contributed by atoms with E-state index in [0.717, 1.165) is 73.1 Å². The number of hydrogen-bond acceptors (Lipinski definition) is 5. The highest BCUT2D eigenvalue weighted by Gasteiger charge is 2.17. The van der Waals surface area contributed by atoms with Gasteiger partial charge in [-0.2, -0.15) is 10.3 Å². The van der Waals surface area contributed by atoms with E-state index in [9.17, 15) is 5.11 Å². The van der Waals surface area contributed by atoms with Gasteiger partial charge in [0.1, 0.15) is 0 Å². The molecule has 33 heavy (non-hydrogen) atoms. The molecule has 172 valence electrons. The van der Waals surface area contributed by atoms with Crippen LogP contribution in [0.3, 0.4) is 0 Å². The van der Waals surface area contributed by atoms with Crippen LogP contribution >= 0.6 is 0 Å². The molecule has 0 radical (unpaired) electrons. The van der Waals surface area contributed by atoms with Crippen LogP contribution in [0, 0.1) is 0 Å². The highest BCUT2D eigenvalue weighted by atomic mass is 16.3. The fourth-order valence-electron chi connectivity index (χ4n) is 4.22. The Kier molecular flexibility index (Phi) is 7.62. The third-order valence-corrected chi connectivity index (χ3v) is 6.05. The van der Waals surface area contributed by atoms with Crippen LogP contribution in [0.15, 0.2) is 48.5 Å². The van der Waals surface area contributed by atoms with Crippen molar-refractivity contribution < 1.29 is 5.11 Å². The molecule has 0 atom stereocenters. The summed E-state index contributed by atoms with van der Waals surface area (Å²) in [5, 5.41) is 29.6. The van der Waals surface area contributed by atoms with Crippen LogP contribution in [0.1, 0.15) is 62.0 Å². The molecular formula is C26H32N6O. The summed E-state index contributed by atoms with van der Waals surface area (Å²) in [5.74, 6) is 0.585. The Morgan fingerprint density at radius 3 is 2.36 bits per heavy atom. The maximum Gasteiger partial charge on any atom is 0.205 e. The third-order valence-electron chi connectivity index (χ3n) is 6.05. The van der Waals surface area contributed by atoms with Crippen molar-refractivity contribution in [3.63, 3.8) is 0 Å². The number of aryl methyl sites for hydroxylation is 2. The van der Waals surface area contributed by atoms with E-state index in [4.69, 9.17) is 5.10 Å². The maximum atomic E-state index is 10.1. The van der Waals surface area contributed by atoms with Gasteiger partial charge < -0.3 is 5.11 Å². The van der Waals surface area contributed by atoms with E-state index >= 15 is 0 Å². The number of hydrogen-bond donors (Lipinski definition) is 2. The van der Waals surface area contributed by atoms with E-state index in [-0.39, 0.29) is 6.61 Å². The minimum Gasteiger partial charge on any atom is -0.390 e. The molecule has 7 nitrogen and oxygen atoms in total. The molecule has 0 aliphatic carbocycles. The first-order valence-electron chi connectivity index (χ1n) is 11.9. The summed E-state index contributed by atoms with van der Waals surface area (Å²) in [4.78, 5) is 0. The summed E-state index contributed by atoms with van der Waals surface area (Å²) in [6.07, 6.45) is 6.13. The van der Waals surface area contributed by atoms with E-state index in [1.807, 2.05) is 22.9 Å². The largest absolute Gasteiger partial charge is 0.390 e. The summed E-state index contributed by atoms with van der Waals surface area (Å²) < 4.78 is 2.03. The lowest BCUT2D eigenvalue weighted by Gasteiger charge is -2.10. The average molecular weight is 445 g/mol. The molecule has 0 saturated carbocycles. The van der Waals surface area contributed by atoms with Gasteiger partial charge >= 0.3 is 0 Å². The van der Waals surface area contributed by atoms with Gasteiger partial charge in [0, 0.05) is 24.1 Å². The summed E-state index contributed by atoms with van der Waals surface area (Å²) >= 11 is 0. The first-order valence-corrected chi connectivity index (χ1v) is 11.9. The summed E-state index contributed by atoms with van der Waals surface area (Å²) in [6, 6.07) is 16.7. The monoisotopic (exact) mass is 444 g/mol.